The lowest BCUT2D eigenvalue weighted by atomic mass is 10.0. The topological polar surface area (TPSA) is 70.8 Å². The lowest BCUT2D eigenvalue weighted by molar-refractivity contribution is -0.147. The Labute approximate surface area is 175 Å². The number of carbonyl (C=O) groups excluding carboxylic acids is 1. The van der Waals surface area contributed by atoms with Gasteiger partial charge in [-0.3, -0.25) is 0 Å². The van der Waals surface area contributed by atoms with Gasteiger partial charge < -0.3 is 18.7 Å². The molecule has 0 fully saturated rings. The fraction of sp³-hybridized carbons (Fsp3) is 0.333. The quantitative estimate of drug-likeness (QED) is 0.518. The van der Waals surface area contributed by atoms with Gasteiger partial charge in [0.15, 0.2) is 12.4 Å². The molecule has 1 aliphatic heterocycles. The van der Waals surface area contributed by atoms with E-state index in [0.717, 1.165) is 23.3 Å². The molecule has 1 aromatic heterocycles. The van der Waals surface area contributed by atoms with Gasteiger partial charge in [-0.15, -0.1) is 0 Å². The Balaban J connectivity index is 1.28. The second-order valence-corrected chi connectivity index (χ2v) is 7.81. The first kappa shape index (κ1) is 20.0. The average molecular weight is 407 g/mol. The summed E-state index contributed by atoms with van der Waals surface area (Å²) < 4.78 is 21.9. The molecule has 6 heteroatoms. The van der Waals surface area contributed by atoms with Gasteiger partial charge in [0.05, 0.1) is 0 Å². The third-order valence-corrected chi connectivity index (χ3v) is 5.02. The van der Waals surface area contributed by atoms with E-state index in [0.29, 0.717) is 23.1 Å². The smallest absolute Gasteiger partial charge is 0.344 e. The molecule has 1 unspecified atom stereocenters. The predicted molar refractivity (Wildman–Crippen MR) is 112 cm³/mol. The summed E-state index contributed by atoms with van der Waals surface area (Å²) in [6.07, 6.45) is 1.07. The van der Waals surface area contributed by atoms with Crippen LogP contribution in [0, 0.1) is 0 Å². The molecule has 3 aromatic rings. The van der Waals surface area contributed by atoms with Crippen LogP contribution in [0.15, 0.2) is 53.1 Å². The van der Waals surface area contributed by atoms with Crippen molar-refractivity contribution in [2.45, 2.75) is 45.8 Å². The second kappa shape index (κ2) is 8.61. The zero-order valence-electron chi connectivity index (χ0n) is 17.4. The minimum Gasteiger partial charge on any atom is -0.490 e. The van der Waals surface area contributed by atoms with Gasteiger partial charge in [-0.2, -0.15) is 0 Å². The van der Waals surface area contributed by atoms with E-state index in [-0.39, 0.29) is 19.3 Å². The summed E-state index contributed by atoms with van der Waals surface area (Å²) in [7, 11) is 0. The third-order valence-electron chi connectivity index (χ3n) is 5.02. The number of hydrogen-bond donors (Lipinski definition) is 0. The van der Waals surface area contributed by atoms with Crippen molar-refractivity contribution >= 4 is 5.97 Å². The van der Waals surface area contributed by atoms with Gasteiger partial charge >= 0.3 is 5.97 Å². The highest BCUT2D eigenvalue weighted by molar-refractivity contribution is 5.71. The number of nitrogens with zero attached hydrogens (tertiary/aromatic N) is 1. The van der Waals surface area contributed by atoms with Crippen LogP contribution in [0.3, 0.4) is 0 Å². The van der Waals surface area contributed by atoms with Crippen LogP contribution >= 0.6 is 0 Å². The van der Waals surface area contributed by atoms with E-state index >= 15 is 0 Å². The number of ether oxygens (including phenoxy) is 3. The van der Waals surface area contributed by atoms with Gasteiger partial charge in [-0.25, -0.2) is 4.79 Å². The Morgan fingerprint density at radius 3 is 2.73 bits per heavy atom. The summed E-state index contributed by atoms with van der Waals surface area (Å²) in [5.74, 6) is 2.17. The number of hydrogen-bond acceptors (Lipinski definition) is 6. The van der Waals surface area contributed by atoms with E-state index in [4.69, 9.17) is 18.7 Å². The standard InChI is InChI=1S/C24H25NO5/c1-15(2)17-4-7-21(8-5-17)27-14-24(26)28-13-20-12-23(30-25-20)18-6-9-22-19(11-18)10-16(3)29-22/h4-9,11-12,15-16H,10,13-14H2,1-3H3. The van der Waals surface area contributed by atoms with Crippen LogP contribution in [0.4, 0.5) is 0 Å². The van der Waals surface area contributed by atoms with Gasteiger partial charge in [0.1, 0.15) is 29.9 Å². The Bertz CT molecular complexity index is 1020. The molecular weight excluding hydrogens is 382 g/mol. The molecule has 30 heavy (non-hydrogen) atoms. The number of rotatable bonds is 7. The van der Waals surface area contributed by atoms with Crippen LogP contribution in [0.5, 0.6) is 11.5 Å². The van der Waals surface area contributed by atoms with Crippen molar-refractivity contribution in [3.05, 3.63) is 65.4 Å². The van der Waals surface area contributed by atoms with Gasteiger partial charge in [0.2, 0.25) is 0 Å². The van der Waals surface area contributed by atoms with Crippen molar-refractivity contribution in [2.24, 2.45) is 0 Å². The maximum absolute atomic E-state index is 12.0. The first-order chi connectivity index (χ1) is 14.5. The predicted octanol–water partition coefficient (Wildman–Crippen LogP) is 4.91. The normalized spacial score (nSPS) is 15.0. The number of fused-ring (bicyclic) bond motifs is 1. The summed E-state index contributed by atoms with van der Waals surface area (Å²) >= 11 is 0. The Morgan fingerprint density at radius 2 is 1.97 bits per heavy atom. The van der Waals surface area contributed by atoms with Crippen LogP contribution in [-0.4, -0.2) is 23.8 Å². The molecule has 0 N–H and O–H groups in total. The zero-order chi connectivity index (χ0) is 21.1. The SMILES string of the molecule is CC1Cc2cc(-c3cc(COC(=O)COc4ccc(C(C)C)cc4)no3)ccc2O1. The van der Waals surface area contributed by atoms with Crippen molar-refractivity contribution in [3.8, 4) is 22.8 Å². The van der Waals surface area contributed by atoms with E-state index in [1.165, 1.54) is 5.56 Å². The summed E-state index contributed by atoms with van der Waals surface area (Å²) in [4.78, 5) is 12.0. The van der Waals surface area contributed by atoms with E-state index in [2.05, 4.69) is 19.0 Å². The minimum absolute atomic E-state index is 0.0308. The fourth-order valence-electron chi connectivity index (χ4n) is 3.38. The van der Waals surface area contributed by atoms with Crippen LogP contribution in [0.2, 0.25) is 0 Å². The van der Waals surface area contributed by atoms with Crippen molar-refractivity contribution in [2.75, 3.05) is 6.61 Å². The highest BCUT2D eigenvalue weighted by Crippen LogP contribution is 2.33. The zero-order valence-corrected chi connectivity index (χ0v) is 17.4. The van der Waals surface area contributed by atoms with Gasteiger partial charge in [-0.1, -0.05) is 31.1 Å². The monoisotopic (exact) mass is 407 g/mol. The summed E-state index contributed by atoms with van der Waals surface area (Å²) in [6.45, 7) is 6.17. The van der Waals surface area contributed by atoms with Crippen molar-refractivity contribution in [1.29, 1.82) is 0 Å². The van der Waals surface area contributed by atoms with Gasteiger partial charge in [-0.05, 0) is 54.3 Å². The minimum atomic E-state index is -0.462. The van der Waals surface area contributed by atoms with Crippen LogP contribution in [0.1, 0.15) is 43.5 Å². The molecule has 6 nitrogen and oxygen atoms in total. The molecule has 0 bridgehead atoms. The van der Waals surface area contributed by atoms with Crippen molar-refractivity contribution < 1.29 is 23.5 Å². The molecule has 1 atom stereocenters. The molecule has 0 saturated carbocycles. The average Bonchev–Trinajstić information content (AvgIpc) is 3.36. The molecule has 156 valence electrons. The molecule has 0 aliphatic carbocycles. The van der Waals surface area contributed by atoms with Crippen LogP contribution in [0.25, 0.3) is 11.3 Å². The van der Waals surface area contributed by atoms with Crippen LogP contribution < -0.4 is 9.47 Å². The number of benzene rings is 2. The lowest BCUT2D eigenvalue weighted by Gasteiger charge is -2.08. The Hall–Kier alpha value is -3.28. The number of esters is 1. The molecule has 0 radical (unpaired) electrons. The first-order valence-electron chi connectivity index (χ1n) is 10.1. The third kappa shape index (κ3) is 4.64. The molecule has 2 aromatic carbocycles. The van der Waals surface area contributed by atoms with Crippen LogP contribution in [-0.2, 0) is 22.6 Å². The van der Waals surface area contributed by atoms with E-state index in [1.807, 2.05) is 49.4 Å². The summed E-state index contributed by atoms with van der Waals surface area (Å²) in [6, 6.07) is 15.4. The fourth-order valence-corrected chi connectivity index (χ4v) is 3.38. The van der Waals surface area contributed by atoms with E-state index in [9.17, 15) is 4.79 Å². The highest BCUT2D eigenvalue weighted by Gasteiger charge is 2.20. The molecular formula is C24H25NO5. The number of carbonyl (C=O) groups is 1. The molecule has 0 amide bonds. The van der Waals surface area contributed by atoms with Crippen molar-refractivity contribution in [1.82, 2.24) is 5.16 Å². The molecule has 2 heterocycles. The summed E-state index contributed by atoms with van der Waals surface area (Å²) in [5.41, 5.74) is 3.84. The number of aromatic nitrogens is 1. The maximum atomic E-state index is 12.0. The molecule has 4 rings (SSSR count). The molecule has 0 saturated heterocycles. The second-order valence-electron chi connectivity index (χ2n) is 7.81. The van der Waals surface area contributed by atoms with Gasteiger partial charge in [0.25, 0.3) is 0 Å². The highest BCUT2D eigenvalue weighted by atomic mass is 16.6. The largest absolute Gasteiger partial charge is 0.490 e. The van der Waals surface area contributed by atoms with E-state index < -0.39 is 5.97 Å². The summed E-state index contributed by atoms with van der Waals surface area (Å²) in [5, 5.41) is 3.99. The molecule has 1 aliphatic rings. The maximum Gasteiger partial charge on any atom is 0.344 e. The molecule has 0 spiro atoms. The van der Waals surface area contributed by atoms with Crippen molar-refractivity contribution in [3.63, 3.8) is 0 Å². The first-order valence-corrected chi connectivity index (χ1v) is 10.1. The van der Waals surface area contributed by atoms with E-state index in [1.54, 1.807) is 6.07 Å². The Morgan fingerprint density at radius 1 is 1.17 bits per heavy atom. The lowest BCUT2D eigenvalue weighted by Crippen LogP contribution is -2.14. The Kier molecular flexibility index (Phi) is 5.74. The van der Waals surface area contributed by atoms with Gasteiger partial charge in [0, 0.05) is 18.1 Å².